The average Bonchev–Trinajstić information content (AvgIpc) is 2.96. The van der Waals surface area contributed by atoms with Crippen molar-refractivity contribution in [3.8, 4) is 0 Å². The molecule has 0 bridgehead atoms. The van der Waals surface area contributed by atoms with Crippen LogP contribution in [-0.4, -0.2) is 17.0 Å². The van der Waals surface area contributed by atoms with Gasteiger partial charge in [0.05, 0.1) is 12.0 Å². The zero-order chi connectivity index (χ0) is 14.0. The summed E-state index contributed by atoms with van der Waals surface area (Å²) in [5.74, 6) is 0.0772. The summed E-state index contributed by atoms with van der Waals surface area (Å²) in [5, 5.41) is 11.8. The zero-order valence-electron chi connectivity index (χ0n) is 11.2. The van der Waals surface area contributed by atoms with Gasteiger partial charge in [0.2, 0.25) is 5.91 Å². The molecule has 1 fully saturated rings. The summed E-state index contributed by atoms with van der Waals surface area (Å²) >= 11 is 0. The summed E-state index contributed by atoms with van der Waals surface area (Å²) in [5.41, 5.74) is 0. The highest BCUT2D eigenvalue weighted by molar-refractivity contribution is 5.81. The largest absolute Gasteiger partial charge is 0.481 e. The van der Waals surface area contributed by atoms with Crippen molar-refractivity contribution in [1.82, 2.24) is 5.32 Å². The van der Waals surface area contributed by atoms with Crippen molar-refractivity contribution in [3.05, 3.63) is 23.7 Å². The van der Waals surface area contributed by atoms with Gasteiger partial charge in [0.15, 0.2) is 0 Å². The molecule has 1 amide bonds. The molecule has 1 unspecified atom stereocenters. The molecule has 1 aliphatic carbocycles. The SMILES string of the molecule is Cc1ccc(C(C)NC(=O)[C@@H]2CC[C@H](C(=O)O)C2)o1. The number of carbonyl (C=O) groups excluding carboxylic acids is 1. The Morgan fingerprint density at radius 2 is 2.05 bits per heavy atom. The third kappa shape index (κ3) is 3.16. The Bertz CT molecular complexity index is 480. The molecule has 2 rings (SSSR count). The number of rotatable bonds is 4. The van der Waals surface area contributed by atoms with Crippen LogP contribution in [0.1, 0.15) is 43.7 Å². The molecule has 5 heteroatoms. The number of hydrogen-bond donors (Lipinski definition) is 2. The van der Waals surface area contributed by atoms with Crippen molar-refractivity contribution in [2.75, 3.05) is 0 Å². The molecule has 1 aromatic heterocycles. The van der Waals surface area contributed by atoms with Gasteiger partial charge in [-0.2, -0.15) is 0 Å². The zero-order valence-corrected chi connectivity index (χ0v) is 11.2. The lowest BCUT2D eigenvalue weighted by atomic mass is 10.0. The van der Waals surface area contributed by atoms with Gasteiger partial charge in [-0.05, 0) is 45.2 Å². The summed E-state index contributed by atoms with van der Waals surface area (Å²) in [6.07, 6.45) is 1.67. The van der Waals surface area contributed by atoms with Crippen LogP contribution < -0.4 is 5.32 Å². The van der Waals surface area contributed by atoms with E-state index in [0.29, 0.717) is 19.3 Å². The highest BCUT2D eigenvalue weighted by Crippen LogP contribution is 2.31. The molecule has 0 radical (unpaired) electrons. The Kier molecular flexibility index (Phi) is 3.93. The molecule has 1 aromatic rings. The van der Waals surface area contributed by atoms with E-state index in [1.165, 1.54) is 0 Å². The Morgan fingerprint density at radius 3 is 2.58 bits per heavy atom. The summed E-state index contributed by atoms with van der Waals surface area (Å²) < 4.78 is 5.46. The van der Waals surface area contributed by atoms with E-state index < -0.39 is 5.97 Å². The van der Waals surface area contributed by atoms with Crippen LogP contribution in [0.25, 0.3) is 0 Å². The Hall–Kier alpha value is -1.78. The molecule has 2 N–H and O–H groups in total. The predicted octanol–water partition coefficient (Wildman–Crippen LogP) is 2.27. The van der Waals surface area contributed by atoms with Crippen LogP contribution in [0.15, 0.2) is 16.5 Å². The van der Waals surface area contributed by atoms with Gasteiger partial charge in [0.25, 0.3) is 0 Å². The van der Waals surface area contributed by atoms with E-state index in [2.05, 4.69) is 5.32 Å². The van der Waals surface area contributed by atoms with E-state index in [0.717, 1.165) is 11.5 Å². The number of aliphatic carboxylic acids is 1. The first-order valence-electron chi connectivity index (χ1n) is 6.57. The maximum Gasteiger partial charge on any atom is 0.306 e. The number of aryl methyl sites for hydroxylation is 1. The van der Waals surface area contributed by atoms with E-state index in [9.17, 15) is 9.59 Å². The topological polar surface area (TPSA) is 79.5 Å². The number of furan rings is 1. The van der Waals surface area contributed by atoms with Crippen LogP contribution in [0.5, 0.6) is 0 Å². The molecule has 104 valence electrons. The fourth-order valence-corrected chi connectivity index (χ4v) is 2.53. The Morgan fingerprint density at radius 1 is 1.37 bits per heavy atom. The highest BCUT2D eigenvalue weighted by Gasteiger charge is 2.34. The van der Waals surface area contributed by atoms with Crippen molar-refractivity contribution in [2.45, 2.75) is 39.2 Å². The van der Waals surface area contributed by atoms with Gasteiger partial charge >= 0.3 is 5.97 Å². The first-order valence-corrected chi connectivity index (χ1v) is 6.57. The van der Waals surface area contributed by atoms with Gasteiger partial charge < -0.3 is 14.8 Å². The molecule has 1 aliphatic rings. The third-order valence-corrected chi connectivity index (χ3v) is 3.70. The maximum absolute atomic E-state index is 12.1. The smallest absolute Gasteiger partial charge is 0.306 e. The second-order valence-electron chi connectivity index (χ2n) is 5.22. The maximum atomic E-state index is 12.1. The van der Waals surface area contributed by atoms with Crippen molar-refractivity contribution in [2.24, 2.45) is 11.8 Å². The lowest BCUT2D eigenvalue weighted by Gasteiger charge is -2.15. The van der Waals surface area contributed by atoms with Gasteiger partial charge in [0.1, 0.15) is 11.5 Å². The molecule has 0 spiro atoms. The Balaban J connectivity index is 1.89. The first kappa shape index (κ1) is 13.6. The molecule has 1 heterocycles. The van der Waals surface area contributed by atoms with Crippen LogP contribution in [-0.2, 0) is 9.59 Å². The van der Waals surface area contributed by atoms with Crippen molar-refractivity contribution >= 4 is 11.9 Å². The van der Waals surface area contributed by atoms with Crippen LogP contribution in [0.2, 0.25) is 0 Å². The van der Waals surface area contributed by atoms with Crippen LogP contribution >= 0.6 is 0 Å². The number of carboxylic acid groups (broad SMARTS) is 1. The van der Waals surface area contributed by atoms with E-state index in [-0.39, 0.29) is 23.8 Å². The van der Waals surface area contributed by atoms with Gasteiger partial charge in [-0.1, -0.05) is 0 Å². The van der Waals surface area contributed by atoms with Gasteiger partial charge in [0, 0.05) is 5.92 Å². The standard InChI is InChI=1S/C14H19NO4/c1-8-3-6-12(19-8)9(2)15-13(16)10-4-5-11(7-10)14(17)18/h3,6,9-11H,4-5,7H2,1-2H3,(H,15,16)(H,17,18)/t9?,10-,11+/m1/s1. The average molecular weight is 265 g/mol. The minimum atomic E-state index is -0.801. The number of amides is 1. The number of carboxylic acids is 1. The van der Waals surface area contributed by atoms with Crippen molar-refractivity contribution in [1.29, 1.82) is 0 Å². The summed E-state index contributed by atoms with van der Waals surface area (Å²) in [6, 6.07) is 3.51. The van der Waals surface area contributed by atoms with Gasteiger partial charge in [-0.25, -0.2) is 0 Å². The van der Waals surface area contributed by atoms with E-state index in [4.69, 9.17) is 9.52 Å². The van der Waals surface area contributed by atoms with Crippen molar-refractivity contribution in [3.63, 3.8) is 0 Å². The van der Waals surface area contributed by atoms with E-state index in [1.54, 1.807) is 0 Å². The van der Waals surface area contributed by atoms with Crippen LogP contribution in [0.3, 0.4) is 0 Å². The lowest BCUT2D eigenvalue weighted by Crippen LogP contribution is -2.31. The minimum Gasteiger partial charge on any atom is -0.481 e. The molecule has 19 heavy (non-hydrogen) atoms. The molecule has 1 saturated carbocycles. The third-order valence-electron chi connectivity index (χ3n) is 3.70. The number of nitrogens with one attached hydrogen (secondary N) is 1. The highest BCUT2D eigenvalue weighted by atomic mass is 16.4. The Labute approximate surface area is 112 Å². The second-order valence-corrected chi connectivity index (χ2v) is 5.22. The van der Waals surface area contributed by atoms with Crippen LogP contribution in [0.4, 0.5) is 0 Å². The summed E-state index contributed by atoms with van der Waals surface area (Å²) in [4.78, 5) is 22.9. The van der Waals surface area contributed by atoms with Gasteiger partial charge in [-0.3, -0.25) is 9.59 Å². The fourth-order valence-electron chi connectivity index (χ4n) is 2.53. The van der Waals surface area contributed by atoms with E-state index in [1.807, 2.05) is 26.0 Å². The second kappa shape index (κ2) is 5.47. The normalized spacial score (nSPS) is 24.1. The van der Waals surface area contributed by atoms with Crippen LogP contribution in [0, 0.1) is 18.8 Å². The molecule has 0 saturated heterocycles. The van der Waals surface area contributed by atoms with Crippen molar-refractivity contribution < 1.29 is 19.1 Å². The molecule has 0 aromatic carbocycles. The summed E-state index contributed by atoms with van der Waals surface area (Å²) in [6.45, 7) is 3.71. The predicted molar refractivity (Wildman–Crippen MR) is 68.5 cm³/mol. The lowest BCUT2D eigenvalue weighted by molar-refractivity contribution is -0.141. The molecule has 3 atom stereocenters. The fraction of sp³-hybridized carbons (Fsp3) is 0.571. The molecule has 5 nitrogen and oxygen atoms in total. The number of hydrogen-bond acceptors (Lipinski definition) is 3. The molecular weight excluding hydrogens is 246 g/mol. The first-order chi connectivity index (χ1) is 8.97. The van der Waals surface area contributed by atoms with E-state index >= 15 is 0 Å². The summed E-state index contributed by atoms with van der Waals surface area (Å²) in [7, 11) is 0. The molecule has 0 aliphatic heterocycles. The molecular formula is C14H19NO4. The monoisotopic (exact) mass is 265 g/mol. The quantitative estimate of drug-likeness (QED) is 0.875. The number of carbonyl (C=O) groups is 2. The van der Waals surface area contributed by atoms with Gasteiger partial charge in [-0.15, -0.1) is 0 Å². The minimum absolute atomic E-state index is 0.0784.